The van der Waals surface area contributed by atoms with Crippen molar-refractivity contribution in [2.75, 3.05) is 18.4 Å². The summed E-state index contributed by atoms with van der Waals surface area (Å²) in [6.45, 7) is 3.18. The minimum Gasteiger partial charge on any atom is -0.360 e. The molecule has 0 bridgehead atoms. The maximum atomic E-state index is 11.7. The number of H-pyrrole nitrogens is 1. The van der Waals surface area contributed by atoms with Crippen molar-refractivity contribution >= 4 is 22.4 Å². The van der Waals surface area contributed by atoms with Crippen molar-refractivity contribution in [3.63, 3.8) is 0 Å². The van der Waals surface area contributed by atoms with Gasteiger partial charge in [-0.1, -0.05) is 11.3 Å². The van der Waals surface area contributed by atoms with Crippen LogP contribution in [0.5, 0.6) is 0 Å². The second-order valence-electron chi connectivity index (χ2n) is 3.38. The number of hydrogen-bond acceptors (Lipinski definition) is 7. The van der Waals surface area contributed by atoms with Gasteiger partial charge in [0.15, 0.2) is 0 Å². The zero-order valence-electron chi connectivity index (χ0n) is 9.80. The summed E-state index contributed by atoms with van der Waals surface area (Å²) in [5.41, 5.74) is 0. The number of carbonyl (C=O) groups excluding carboxylic acids is 1. The Hall–Kier alpha value is -2.03. The molecule has 9 heteroatoms. The molecule has 2 aromatic rings. The minimum absolute atomic E-state index is 0.226. The molecule has 0 spiro atoms. The van der Waals surface area contributed by atoms with E-state index in [2.05, 4.69) is 36.0 Å². The normalized spacial score (nSPS) is 10.3. The number of amides is 1. The van der Waals surface area contributed by atoms with Crippen molar-refractivity contribution in [3.05, 3.63) is 17.2 Å². The fraction of sp³-hybridized carbons (Fsp3) is 0.444. The van der Waals surface area contributed by atoms with Crippen molar-refractivity contribution in [2.24, 2.45) is 0 Å². The molecule has 2 rings (SSSR count). The predicted octanol–water partition coefficient (Wildman–Crippen LogP) is 0.0605. The summed E-state index contributed by atoms with van der Waals surface area (Å²) in [7, 11) is 0. The zero-order chi connectivity index (χ0) is 12.8. The van der Waals surface area contributed by atoms with E-state index in [0.717, 1.165) is 12.4 Å². The van der Waals surface area contributed by atoms with E-state index in [4.69, 9.17) is 0 Å². The fourth-order valence-corrected chi connectivity index (χ4v) is 1.99. The van der Waals surface area contributed by atoms with Gasteiger partial charge in [0, 0.05) is 19.5 Å². The van der Waals surface area contributed by atoms with Crippen LogP contribution in [0.2, 0.25) is 0 Å². The smallest absolute Gasteiger partial charge is 0.282 e. The number of anilines is 1. The quantitative estimate of drug-likeness (QED) is 0.683. The number of hydrogen-bond donors (Lipinski definition) is 3. The molecule has 0 saturated heterocycles. The first-order valence-electron chi connectivity index (χ1n) is 5.49. The molecule has 1 amide bonds. The lowest BCUT2D eigenvalue weighted by atomic mass is 10.4. The Morgan fingerprint density at radius 2 is 2.39 bits per heavy atom. The van der Waals surface area contributed by atoms with Crippen LogP contribution in [-0.4, -0.2) is 44.4 Å². The standard InChI is InChI=1S/C9H13N7OS/c1-2-10-9-16-15-8(18-9)7(17)11-4-3-6-12-5-13-14-6/h5H,2-4H2,1H3,(H,10,16)(H,11,17)(H,12,13,14). The Morgan fingerprint density at radius 3 is 3.11 bits per heavy atom. The maximum absolute atomic E-state index is 11.7. The number of aromatic amines is 1. The number of nitrogens with zero attached hydrogens (tertiary/aromatic N) is 4. The highest BCUT2D eigenvalue weighted by atomic mass is 32.1. The van der Waals surface area contributed by atoms with Crippen LogP contribution in [0.3, 0.4) is 0 Å². The van der Waals surface area contributed by atoms with Crippen LogP contribution in [0.4, 0.5) is 5.13 Å². The van der Waals surface area contributed by atoms with Crippen molar-refractivity contribution in [1.29, 1.82) is 0 Å². The largest absolute Gasteiger partial charge is 0.360 e. The third-order valence-corrected chi connectivity index (χ3v) is 2.94. The van der Waals surface area contributed by atoms with Crippen molar-refractivity contribution < 1.29 is 4.79 Å². The maximum Gasteiger partial charge on any atom is 0.282 e. The Morgan fingerprint density at radius 1 is 1.50 bits per heavy atom. The van der Waals surface area contributed by atoms with E-state index in [1.54, 1.807) is 0 Å². The molecule has 0 aliphatic heterocycles. The van der Waals surface area contributed by atoms with Crippen molar-refractivity contribution in [1.82, 2.24) is 30.7 Å². The Labute approximate surface area is 107 Å². The summed E-state index contributed by atoms with van der Waals surface area (Å²) in [6.07, 6.45) is 2.04. The van der Waals surface area contributed by atoms with Crippen LogP contribution in [0.1, 0.15) is 22.6 Å². The number of rotatable bonds is 6. The molecule has 0 aromatic carbocycles. The van der Waals surface area contributed by atoms with Gasteiger partial charge in [0.05, 0.1) is 0 Å². The van der Waals surface area contributed by atoms with Crippen LogP contribution < -0.4 is 10.6 Å². The van der Waals surface area contributed by atoms with Crippen LogP contribution in [0.25, 0.3) is 0 Å². The minimum atomic E-state index is -0.226. The van der Waals surface area contributed by atoms with Crippen LogP contribution in [0, 0.1) is 0 Å². The first-order chi connectivity index (χ1) is 8.79. The third-order valence-electron chi connectivity index (χ3n) is 2.06. The SMILES string of the molecule is CCNc1nnc(C(=O)NCCc2ncn[nH]2)s1. The molecule has 0 aliphatic carbocycles. The summed E-state index contributed by atoms with van der Waals surface area (Å²) in [6, 6.07) is 0. The average molecular weight is 267 g/mol. The molecular weight excluding hydrogens is 254 g/mol. The van der Waals surface area contributed by atoms with Gasteiger partial charge in [-0.2, -0.15) is 5.10 Å². The van der Waals surface area contributed by atoms with Gasteiger partial charge in [-0.15, -0.1) is 10.2 Å². The van der Waals surface area contributed by atoms with E-state index in [1.807, 2.05) is 6.92 Å². The lowest BCUT2D eigenvalue weighted by molar-refractivity contribution is 0.0953. The van der Waals surface area contributed by atoms with Crippen LogP contribution in [-0.2, 0) is 6.42 Å². The monoisotopic (exact) mass is 267 g/mol. The third kappa shape index (κ3) is 3.23. The summed E-state index contributed by atoms with van der Waals surface area (Å²) >= 11 is 1.23. The first kappa shape index (κ1) is 12.4. The van der Waals surface area contributed by atoms with Gasteiger partial charge in [0.2, 0.25) is 10.1 Å². The van der Waals surface area contributed by atoms with Gasteiger partial charge >= 0.3 is 0 Å². The zero-order valence-corrected chi connectivity index (χ0v) is 10.6. The van der Waals surface area contributed by atoms with E-state index >= 15 is 0 Å². The molecule has 2 aromatic heterocycles. The molecule has 3 N–H and O–H groups in total. The molecule has 0 unspecified atom stereocenters. The molecule has 8 nitrogen and oxygen atoms in total. The molecule has 18 heavy (non-hydrogen) atoms. The van der Waals surface area contributed by atoms with E-state index < -0.39 is 0 Å². The molecule has 2 heterocycles. The Balaban J connectivity index is 1.80. The number of aromatic nitrogens is 5. The highest BCUT2D eigenvalue weighted by Crippen LogP contribution is 2.14. The average Bonchev–Trinajstić information content (AvgIpc) is 3.00. The predicted molar refractivity (Wildman–Crippen MR) is 66.5 cm³/mol. The van der Waals surface area contributed by atoms with Crippen molar-refractivity contribution in [2.45, 2.75) is 13.3 Å². The first-order valence-corrected chi connectivity index (χ1v) is 6.31. The van der Waals surface area contributed by atoms with Gasteiger partial charge in [0.25, 0.3) is 5.91 Å². The summed E-state index contributed by atoms with van der Waals surface area (Å²) in [4.78, 5) is 15.7. The molecule has 96 valence electrons. The molecule has 0 atom stereocenters. The number of nitrogens with one attached hydrogen (secondary N) is 3. The Bertz CT molecular complexity index is 495. The van der Waals surface area contributed by atoms with E-state index in [9.17, 15) is 4.79 Å². The molecule has 0 aliphatic rings. The van der Waals surface area contributed by atoms with Crippen LogP contribution >= 0.6 is 11.3 Å². The number of carbonyl (C=O) groups is 1. The van der Waals surface area contributed by atoms with Gasteiger partial charge in [0.1, 0.15) is 12.2 Å². The molecule has 0 saturated carbocycles. The van der Waals surface area contributed by atoms with Gasteiger partial charge in [-0.3, -0.25) is 9.89 Å². The van der Waals surface area contributed by atoms with E-state index in [1.165, 1.54) is 17.7 Å². The summed E-state index contributed by atoms with van der Waals surface area (Å²) in [5.74, 6) is 0.511. The van der Waals surface area contributed by atoms with Crippen molar-refractivity contribution in [3.8, 4) is 0 Å². The fourth-order valence-electron chi connectivity index (χ4n) is 1.26. The van der Waals surface area contributed by atoms with E-state index in [-0.39, 0.29) is 5.91 Å². The summed E-state index contributed by atoms with van der Waals surface area (Å²) < 4.78 is 0. The van der Waals surface area contributed by atoms with Crippen LogP contribution in [0.15, 0.2) is 6.33 Å². The second-order valence-corrected chi connectivity index (χ2v) is 4.36. The van der Waals surface area contributed by atoms with Gasteiger partial charge in [-0.05, 0) is 6.92 Å². The topological polar surface area (TPSA) is 108 Å². The highest BCUT2D eigenvalue weighted by Gasteiger charge is 2.11. The van der Waals surface area contributed by atoms with Gasteiger partial charge in [-0.25, -0.2) is 4.98 Å². The van der Waals surface area contributed by atoms with Gasteiger partial charge < -0.3 is 10.6 Å². The molecule has 0 fully saturated rings. The highest BCUT2D eigenvalue weighted by molar-refractivity contribution is 7.17. The second kappa shape index (κ2) is 6.05. The molecular formula is C9H13N7OS. The summed E-state index contributed by atoms with van der Waals surface area (Å²) in [5, 5.41) is 20.9. The molecule has 0 radical (unpaired) electrons. The van der Waals surface area contributed by atoms with E-state index in [0.29, 0.717) is 23.1 Å². The Kier molecular flexibility index (Phi) is 4.18. The lowest BCUT2D eigenvalue weighted by Crippen LogP contribution is -2.25. The lowest BCUT2D eigenvalue weighted by Gasteiger charge is -1.99.